The third-order valence-corrected chi connectivity index (χ3v) is 5.03. The number of anilines is 1. The van der Waals surface area contributed by atoms with Gasteiger partial charge < -0.3 is 14.8 Å². The van der Waals surface area contributed by atoms with Crippen LogP contribution in [0, 0.1) is 17.6 Å². The van der Waals surface area contributed by atoms with Crippen LogP contribution in [0.1, 0.15) is 6.42 Å². The second-order valence-electron chi connectivity index (χ2n) is 7.24. The number of halogens is 6. The first-order valence-corrected chi connectivity index (χ1v) is 9.45. The van der Waals surface area contributed by atoms with Gasteiger partial charge in [0.25, 0.3) is 0 Å². The molecule has 1 aliphatic carbocycles. The van der Waals surface area contributed by atoms with E-state index in [-0.39, 0.29) is 24.3 Å². The first kappa shape index (κ1) is 21.1. The SMILES string of the molecule is Fc1cc(F)cc(-c2cccc3c2OCC([C@@H]2C=C(OC(F)(F)C(F)F)C=CC2)N3)c1. The van der Waals surface area contributed by atoms with E-state index in [4.69, 9.17) is 4.74 Å². The van der Waals surface area contributed by atoms with Gasteiger partial charge in [0.1, 0.15) is 29.8 Å². The molecule has 0 aromatic heterocycles. The summed E-state index contributed by atoms with van der Waals surface area (Å²) in [5, 5.41) is 3.23. The third-order valence-electron chi connectivity index (χ3n) is 5.03. The van der Waals surface area contributed by atoms with Crippen molar-refractivity contribution < 1.29 is 35.8 Å². The Morgan fingerprint density at radius 1 is 1.10 bits per heavy atom. The number of hydrogen-bond donors (Lipinski definition) is 1. The highest BCUT2D eigenvalue weighted by atomic mass is 19.3. The molecule has 0 bridgehead atoms. The van der Waals surface area contributed by atoms with E-state index in [9.17, 15) is 26.3 Å². The number of para-hydroxylation sites is 1. The minimum absolute atomic E-state index is 0.120. The van der Waals surface area contributed by atoms with Crippen molar-refractivity contribution in [2.75, 3.05) is 11.9 Å². The molecule has 4 rings (SSSR count). The third kappa shape index (κ3) is 4.50. The van der Waals surface area contributed by atoms with E-state index in [1.807, 2.05) is 0 Å². The van der Waals surface area contributed by atoms with Gasteiger partial charge in [0, 0.05) is 17.5 Å². The molecule has 0 saturated heterocycles. The number of nitrogens with one attached hydrogen (secondary N) is 1. The summed E-state index contributed by atoms with van der Waals surface area (Å²) in [7, 11) is 0. The monoisotopic (exact) mass is 441 g/mol. The molecule has 1 unspecified atom stereocenters. The Hall–Kier alpha value is -3.10. The van der Waals surface area contributed by atoms with Gasteiger partial charge in [0.15, 0.2) is 0 Å². The van der Waals surface area contributed by atoms with Gasteiger partial charge in [-0.05, 0) is 42.3 Å². The van der Waals surface area contributed by atoms with Crippen LogP contribution in [0.2, 0.25) is 0 Å². The van der Waals surface area contributed by atoms with Crippen molar-refractivity contribution in [1.29, 1.82) is 0 Å². The lowest BCUT2D eigenvalue weighted by atomic mass is 9.91. The lowest BCUT2D eigenvalue weighted by Crippen LogP contribution is -2.38. The maximum absolute atomic E-state index is 13.6. The molecule has 9 heteroatoms. The van der Waals surface area contributed by atoms with Crippen molar-refractivity contribution in [1.82, 2.24) is 0 Å². The van der Waals surface area contributed by atoms with E-state index < -0.39 is 24.2 Å². The van der Waals surface area contributed by atoms with Crippen LogP contribution < -0.4 is 10.1 Å². The summed E-state index contributed by atoms with van der Waals surface area (Å²) in [6.45, 7) is 0.120. The van der Waals surface area contributed by atoms with Crippen LogP contribution in [0.5, 0.6) is 5.75 Å². The summed E-state index contributed by atoms with van der Waals surface area (Å²) in [5.74, 6) is -1.75. The molecule has 1 N–H and O–H groups in total. The van der Waals surface area contributed by atoms with Crippen LogP contribution in [0.15, 0.2) is 60.4 Å². The maximum Gasteiger partial charge on any atom is 0.461 e. The molecule has 3 nitrogen and oxygen atoms in total. The van der Waals surface area contributed by atoms with Gasteiger partial charge in [-0.3, -0.25) is 0 Å². The summed E-state index contributed by atoms with van der Waals surface area (Å²) in [6, 6.07) is 7.85. The molecule has 1 aliphatic heterocycles. The lowest BCUT2D eigenvalue weighted by Gasteiger charge is -2.34. The molecule has 2 aromatic rings. The van der Waals surface area contributed by atoms with Gasteiger partial charge in [0.05, 0.1) is 11.7 Å². The molecule has 2 atom stereocenters. The molecular formula is C22H17F6NO2. The number of hydrogen-bond acceptors (Lipinski definition) is 3. The van der Waals surface area contributed by atoms with Crippen molar-refractivity contribution in [3.63, 3.8) is 0 Å². The first-order valence-electron chi connectivity index (χ1n) is 9.45. The highest BCUT2D eigenvalue weighted by Gasteiger charge is 2.44. The Kier molecular flexibility index (Phi) is 5.60. The molecule has 31 heavy (non-hydrogen) atoms. The Labute approximate surface area is 174 Å². The standard InChI is InChI=1S/C22H17F6NO2/c23-14-7-13(8-15(24)10-14)17-5-2-6-18-20(17)30-11-19(29-18)12-3-1-4-16(9-12)31-22(27,28)21(25)26/h1-2,4-10,12,19,21,29H,3,11H2/t12-,19?/m0/s1. The second-order valence-corrected chi connectivity index (χ2v) is 7.24. The summed E-state index contributed by atoms with van der Waals surface area (Å²) >= 11 is 0. The van der Waals surface area contributed by atoms with E-state index in [1.165, 1.54) is 24.3 Å². The fourth-order valence-corrected chi connectivity index (χ4v) is 3.61. The highest BCUT2D eigenvalue weighted by Crippen LogP contribution is 2.41. The zero-order valence-electron chi connectivity index (χ0n) is 15.9. The van der Waals surface area contributed by atoms with Gasteiger partial charge in [0.2, 0.25) is 0 Å². The molecule has 0 spiro atoms. The molecular weight excluding hydrogens is 424 g/mol. The molecule has 164 valence electrons. The van der Waals surface area contributed by atoms with Crippen molar-refractivity contribution in [2.45, 2.75) is 25.0 Å². The fourth-order valence-electron chi connectivity index (χ4n) is 3.61. The Morgan fingerprint density at radius 3 is 2.55 bits per heavy atom. The zero-order valence-corrected chi connectivity index (χ0v) is 15.9. The molecule has 1 heterocycles. The summed E-state index contributed by atoms with van der Waals surface area (Å²) < 4.78 is 88.6. The van der Waals surface area contributed by atoms with Gasteiger partial charge in [-0.2, -0.15) is 17.6 Å². The largest absolute Gasteiger partial charge is 0.489 e. The van der Waals surface area contributed by atoms with Crippen LogP contribution in [-0.2, 0) is 4.74 Å². The van der Waals surface area contributed by atoms with E-state index in [0.717, 1.165) is 6.07 Å². The van der Waals surface area contributed by atoms with Gasteiger partial charge in [-0.25, -0.2) is 8.78 Å². The van der Waals surface area contributed by atoms with Gasteiger partial charge >= 0.3 is 12.5 Å². The number of alkyl halides is 4. The average molecular weight is 441 g/mol. The zero-order chi connectivity index (χ0) is 22.2. The summed E-state index contributed by atoms with van der Waals surface area (Å²) in [6.07, 6.45) is -3.94. The predicted octanol–water partition coefficient (Wildman–Crippen LogP) is 6.14. The topological polar surface area (TPSA) is 30.5 Å². The van der Waals surface area contributed by atoms with E-state index in [2.05, 4.69) is 10.1 Å². The highest BCUT2D eigenvalue weighted by molar-refractivity contribution is 5.79. The second kappa shape index (κ2) is 8.20. The lowest BCUT2D eigenvalue weighted by molar-refractivity contribution is -0.280. The van der Waals surface area contributed by atoms with Crippen LogP contribution in [0.3, 0.4) is 0 Å². The smallest absolute Gasteiger partial charge is 0.461 e. The average Bonchev–Trinajstić information content (AvgIpc) is 2.72. The Morgan fingerprint density at radius 2 is 1.84 bits per heavy atom. The van der Waals surface area contributed by atoms with E-state index in [1.54, 1.807) is 24.3 Å². The van der Waals surface area contributed by atoms with E-state index in [0.29, 0.717) is 29.0 Å². The maximum atomic E-state index is 13.6. The van der Waals surface area contributed by atoms with Crippen LogP contribution in [-0.4, -0.2) is 25.2 Å². The van der Waals surface area contributed by atoms with Crippen LogP contribution in [0.4, 0.5) is 32.0 Å². The minimum Gasteiger partial charge on any atom is -0.489 e. The number of ether oxygens (including phenoxy) is 2. The summed E-state index contributed by atoms with van der Waals surface area (Å²) in [4.78, 5) is 0. The minimum atomic E-state index is -4.59. The van der Waals surface area contributed by atoms with Crippen molar-refractivity contribution in [2.24, 2.45) is 5.92 Å². The summed E-state index contributed by atoms with van der Waals surface area (Å²) in [5.41, 5.74) is 1.35. The normalized spacial score (nSPS) is 20.5. The number of allylic oxidation sites excluding steroid dienone is 2. The Balaban J connectivity index is 1.55. The quantitative estimate of drug-likeness (QED) is 0.566. The van der Waals surface area contributed by atoms with Gasteiger partial charge in [-0.15, -0.1) is 0 Å². The van der Waals surface area contributed by atoms with E-state index >= 15 is 0 Å². The van der Waals surface area contributed by atoms with Crippen LogP contribution >= 0.6 is 0 Å². The van der Waals surface area contributed by atoms with Crippen molar-refractivity contribution in [3.05, 3.63) is 72.0 Å². The number of rotatable bonds is 5. The predicted molar refractivity (Wildman–Crippen MR) is 102 cm³/mol. The fraction of sp³-hybridized carbons (Fsp3) is 0.273. The molecule has 2 aliphatic rings. The van der Waals surface area contributed by atoms with Crippen LogP contribution in [0.25, 0.3) is 11.1 Å². The van der Waals surface area contributed by atoms with Crippen molar-refractivity contribution >= 4 is 5.69 Å². The van der Waals surface area contributed by atoms with Crippen molar-refractivity contribution in [3.8, 4) is 16.9 Å². The number of fused-ring (bicyclic) bond motifs is 1. The first-order chi connectivity index (χ1) is 14.7. The van der Waals surface area contributed by atoms with Gasteiger partial charge in [-0.1, -0.05) is 18.2 Å². The molecule has 0 saturated carbocycles. The Bertz CT molecular complexity index is 1020. The molecule has 0 fully saturated rings. The molecule has 2 aromatic carbocycles. The molecule has 0 radical (unpaired) electrons. The number of benzene rings is 2. The molecule has 0 amide bonds.